The van der Waals surface area contributed by atoms with Crippen molar-refractivity contribution in [2.75, 3.05) is 24.5 Å². The zero-order valence-corrected chi connectivity index (χ0v) is 20.8. The number of hydrogen-bond acceptors (Lipinski definition) is 5. The third kappa shape index (κ3) is 5.32. The molecule has 1 N–H and O–H groups in total. The van der Waals surface area contributed by atoms with Gasteiger partial charge in [-0.05, 0) is 44.2 Å². The van der Waals surface area contributed by atoms with Gasteiger partial charge in [-0.3, -0.25) is 4.79 Å². The number of alkyl halides is 6. The molecular formula is C21H22F7N3O3S2. The number of piperazine rings is 1. The molecule has 6 nitrogen and oxygen atoms in total. The minimum absolute atomic E-state index is 0.164. The summed E-state index contributed by atoms with van der Waals surface area (Å²) < 4.78 is 122. The molecule has 1 aromatic carbocycles. The number of carbonyl (C=O) groups excluding carboxylic acids is 1. The van der Waals surface area contributed by atoms with E-state index in [0.717, 1.165) is 42.4 Å². The molecule has 1 aliphatic heterocycles. The van der Waals surface area contributed by atoms with Gasteiger partial charge >= 0.3 is 12.4 Å². The van der Waals surface area contributed by atoms with Crippen LogP contribution in [0.3, 0.4) is 0 Å². The van der Waals surface area contributed by atoms with Crippen molar-refractivity contribution in [3.05, 3.63) is 46.6 Å². The van der Waals surface area contributed by atoms with E-state index in [2.05, 4.69) is 0 Å². The first-order valence-corrected chi connectivity index (χ1v) is 12.7. The molecule has 1 amide bonds. The number of sulfonamides is 1. The molecular weight excluding hydrogens is 539 g/mol. The Hall–Kier alpha value is -2.39. The Morgan fingerprint density at radius 2 is 1.72 bits per heavy atom. The summed E-state index contributed by atoms with van der Waals surface area (Å²) in [5.74, 6) is -2.03. The van der Waals surface area contributed by atoms with Crippen molar-refractivity contribution in [3.63, 3.8) is 0 Å². The number of benzene rings is 1. The maximum Gasteiger partial charge on any atom is 0.418 e. The number of carbonyl (C=O) groups is 1. The topological polar surface area (TPSA) is 69.7 Å². The molecule has 1 aromatic heterocycles. The Balaban J connectivity index is 1.88. The van der Waals surface area contributed by atoms with Crippen LogP contribution < -0.4 is 10.2 Å². The monoisotopic (exact) mass is 561 g/mol. The average Bonchev–Trinajstić information content (AvgIpc) is 3.23. The van der Waals surface area contributed by atoms with Gasteiger partial charge in [0, 0.05) is 43.2 Å². The van der Waals surface area contributed by atoms with Gasteiger partial charge in [-0.15, -0.1) is 11.3 Å². The maximum absolute atomic E-state index is 13.7. The van der Waals surface area contributed by atoms with Gasteiger partial charge in [-0.25, -0.2) is 12.8 Å². The molecule has 0 saturated carbocycles. The lowest BCUT2D eigenvalue weighted by Crippen LogP contribution is -2.54. The van der Waals surface area contributed by atoms with Gasteiger partial charge in [-0.1, -0.05) is 0 Å². The van der Waals surface area contributed by atoms with Crippen LogP contribution in [0.5, 0.6) is 0 Å². The van der Waals surface area contributed by atoms with Crippen LogP contribution in [0.4, 0.5) is 36.4 Å². The highest BCUT2D eigenvalue weighted by Crippen LogP contribution is 2.43. The van der Waals surface area contributed by atoms with E-state index < -0.39 is 60.3 Å². The predicted octanol–water partition coefficient (Wildman–Crippen LogP) is 4.72. The largest absolute Gasteiger partial charge is 0.418 e. The van der Waals surface area contributed by atoms with E-state index in [-0.39, 0.29) is 25.3 Å². The fourth-order valence-electron chi connectivity index (χ4n) is 4.00. The fourth-order valence-corrected chi connectivity index (χ4v) is 7.17. The van der Waals surface area contributed by atoms with Crippen LogP contribution in [-0.2, 0) is 26.5 Å². The number of anilines is 1. The molecule has 200 valence electrons. The Kier molecular flexibility index (Phi) is 7.43. The van der Waals surface area contributed by atoms with Crippen LogP contribution >= 0.6 is 11.3 Å². The van der Waals surface area contributed by atoms with Crippen molar-refractivity contribution in [2.24, 2.45) is 0 Å². The van der Waals surface area contributed by atoms with Gasteiger partial charge in [0.15, 0.2) is 5.54 Å². The highest BCUT2D eigenvalue weighted by molar-refractivity contribution is 7.91. The van der Waals surface area contributed by atoms with Crippen molar-refractivity contribution in [1.29, 1.82) is 0 Å². The molecule has 0 radical (unpaired) electrons. The van der Waals surface area contributed by atoms with Gasteiger partial charge in [-0.2, -0.15) is 30.6 Å². The van der Waals surface area contributed by atoms with Crippen LogP contribution in [0.2, 0.25) is 0 Å². The van der Waals surface area contributed by atoms with Crippen LogP contribution in [-0.4, -0.2) is 50.5 Å². The Morgan fingerprint density at radius 3 is 2.25 bits per heavy atom. The molecule has 2 aromatic rings. The summed E-state index contributed by atoms with van der Waals surface area (Å²) in [5.41, 5.74) is -4.32. The lowest BCUT2D eigenvalue weighted by molar-refractivity contribution is -0.196. The van der Waals surface area contributed by atoms with Crippen LogP contribution in [0.1, 0.15) is 31.2 Å². The second kappa shape index (κ2) is 9.49. The van der Waals surface area contributed by atoms with E-state index in [1.165, 1.54) is 11.8 Å². The van der Waals surface area contributed by atoms with E-state index in [9.17, 15) is 43.9 Å². The summed E-state index contributed by atoms with van der Waals surface area (Å²) in [6.45, 7) is 2.49. The van der Waals surface area contributed by atoms with Gasteiger partial charge in [0.1, 0.15) is 10.0 Å². The number of thiophene rings is 1. The van der Waals surface area contributed by atoms with Crippen molar-refractivity contribution in [3.8, 4) is 0 Å². The highest BCUT2D eigenvalue weighted by Gasteiger charge is 2.54. The predicted molar refractivity (Wildman–Crippen MR) is 119 cm³/mol. The molecule has 0 aliphatic carbocycles. The zero-order chi connectivity index (χ0) is 27.3. The molecule has 0 bridgehead atoms. The lowest BCUT2D eigenvalue weighted by Gasteiger charge is -2.40. The first-order valence-electron chi connectivity index (χ1n) is 10.5. The molecule has 1 saturated heterocycles. The van der Waals surface area contributed by atoms with E-state index >= 15 is 0 Å². The second-order valence-corrected chi connectivity index (χ2v) is 11.7. The number of hydrogen-bond donors (Lipinski definition) is 1. The first kappa shape index (κ1) is 28.2. The molecule has 36 heavy (non-hydrogen) atoms. The molecule has 1 aliphatic rings. The molecule has 3 rings (SSSR count). The number of nitrogens with one attached hydrogen (secondary N) is 1. The highest BCUT2D eigenvalue weighted by atomic mass is 32.2. The molecule has 1 fully saturated rings. The SMILES string of the molecule is CC(=O)NC(C)(c1ccc(S(=O)(=O)N2CCN(c3ccc(F)cc3C(F)(F)F)CC2C)s1)C(F)(F)F. The van der Waals surface area contributed by atoms with Gasteiger partial charge in [0.2, 0.25) is 5.91 Å². The van der Waals surface area contributed by atoms with E-state index in [1.54, 1.807) is 0 Å². The summed E-state index contributed by atoms with van der Waals surface area (Å²) in [7, 11) is -4.31. The number of rotatable bonds is 5. The van der Waals surface area contributed by atoms with Gasteiger partial charge in [0.05, 0.1) is 5.56 Å². The number of halogens is 7. The van der Waals surface area contributed by atoms with E-state index in [4.69, 9.17) is 0 Å². The van der Waals surface area contributed by atoms with Crippen molar-refractivity contribution < 1.29 is 43.9 Å². The quantitative estimate of drug-likeness (QED) is 0.537. The minimum atomic E-state index is -4.92. The molecule has 2 atom stereocenters. The third-order valence-electron chi connectivity index (χ3n) is 5.80. The van der Waals surface area contributed by atoms with Crippen LogP contribution in [0.25, 0.3) is 0 Å². The standard InChI is InChI=1S/C21H22F7N3O3S2/c1-12-11-30(16-5-4-14(22)10-15(16)20(23,24)25)8-9-31(12)36(33,34)18-7-6-17(35-18)19(3,21(26,27)28)29-13(2)32/h4-7,10,12H,8-9,11H2,1-3H3,(H,29,32). The molecule has 0 spiro atoms. The Morgan fingerprint density at radius 1 is 1.08 bits per heavy atom. The number of amides is 1. The summed E-state index contributed by atoms with van der Waals surface area (Å²) >= 11 is 0.348. The maximum atomic E-state index is 13.7. The zero-order valence-electron chi connectivity index (χ0n) is 19.2. The molecule has 15 heteroatoms. The summed E-state index contributed by atoms with van der Waals surface area (Å²) in [5, 5.41) is 1.82. The summed E-state index contributed by atoms with van der Waals surface area (Å²) in [6.07, 6.45) is -9.76. The summed E-state index contributed by atoms with van der Waals surface area (Å²) in [4.78, 5) is 12.2. The van der Waals surface area contributed by atoms with Crippen molar-refractivity contribution >= 4 is 33.0 Å². The minimum Gasteiger partial charge on any atom is -0.368 e. The average molecular weight is 562 g/mol. The number of nitrogens with zero attached hydrogens (tertiary/aromatic N) is 2. The smallest absolute Gasteiger partial charge is 0.368 e. The van der Waals surface area contributed by atoms with Gasteiger partial charge in [0.25, 0.3) is 10.0 Å². The van der Waals surface area contributed by atoms with E-state index in [0.29, 0.717) is 17.4 Å². The van der Waals surface area contributed by atoms with Crippen molar-refractivity contribution in [2.45, 2.75) is 48.9 Å². The van der Waals surface area contributed by atoms with Crippen molar-refractivity contribution in [1.82, 2.24) is 9.62 Å². The van der Waals surface area contributed by atoms with Crippen LogP contribution in [0.15, 0.2) is 34.5 Å². The molecule has 2 heterocycles. The Labute approximate surface area is 206 Å². The first-order chi connectivity index (χ1) is 16.4. The normalized spacial score (nSPS) is 19.7. The molecule has 2 unspecified atom stereocenters. The summed E-state index contributed by atoms with van der Waals surface area (Å²) in [6, 6.07) is 3.32. The lowest BCUT2D eigenvalue weighted by atomic mass is 9.99. The second-order valence-electron chi connectivity index (χ2n) is 8.49. The van der Waals surface area contributed by atoms with Gasteiger partial charge < -0.3 is 10.2 Å². The Bertz CT molecular complexity index is 1240. The van der Waals surface area contributed by atoms with Crippen LogP contribution in [0, 0.1) is 5.82 Å². The third-order valence-corrected chi connectivity index (χ3v) is 9.59. The fraction of sp³-hybridized carbons (Fsp3) is 0.476. The van der Waals surface area contributed by atoms with E-state index in [1.807, 2.05) is 5.32 Å².